The second-order valence-corrected chi connectivity index (χ2v) is 4.61. The first-order chi connectivity index (χ1) is 9.58. The van der Waals surface area contributed by atoms with Crippen LogP contribution in [0.4, 0.5) is 0 Å². The summed E-state index contributed by atoms with van der Waals surface area (Å²) in [5.41, 5.74) is 0.579. The van der Waals surface area contributed by atoms with E-state index in [1.807, 2.05) is 0 Å². The van der Waals surface area contributed by atoms with E-state index >= 15 is 0 Å². The number of hydrogen-bond donors (Lipinski definition) is 1. The first-order valence-electron chi connectivity index (χ1n) is 6.17. The molecule has 0 aromatic heterocycles. The van der Waals surface area contributed by atoms with Gasteiger partial charge in [-0.05, 0) is 25.1 Å². The molecule has 1 N–H and O–H groups in total. The van der Waals surface area contributed by atoms with Gasteiger partial charge in [-0.2, -0.15) is 0 Å². The molecule has 3 rings (SSSR count). The molecule has 2 aliphatic heterocycles. The van der Waals surface area contributed by atoms with Crippen LogP contribution in [0, 0.1) is 0 Å². The van der Waals surface area contributed by atoms with Crippen molar-refractivity contribution in [2.45, 2.75) is 19.1 Å². The molecule has 20 heavy (non-hydrogen) atoms. The Hall–Kier alpha value is -2.56. The van der Waals surface area contributed by atoms with Crippen molar-refractivity contribution in [3.63, 3.8) is 0 Å². The number of benzene rings is 1. The van der Waals surface area contributed by atoms with Crippen LogP contribution in [0.25, 0.3) is 5.76 Å². The highest BCUT2D eigenvalue weighted by atomic mass is 16.6. The Morgan fingerprint density at radius 2 is 2.00 bits per heavy atom. The molecule has 5 nitrogen and oxygen atoms in total. The van der Waals surface area contributed by atoms with Gasteiger partial charge in [0.1, 0.15) is 11.5 Å². The van der Waals surface area contributed by atoms with Gasteiger partial charge in [-0.25, -0.2) is 4.79 Å². The highest BCUT2D eigenvalue weighted by molar-refractivity contribution is 6.02. The topological polar surface area (TPSA) is 72.8 Å². The summed E-state index contributed by atoms with van der Waals surface area (Å²) in [5, 5.41) is 10.3. The molecule has 0 radical (unpaired) electrons. The number of para-hydroxylation sites is 1. The van der Waals surface area contributed by atoms with Crippen molar-refractivity contribution in [1.29, 1.82) is 0 Å². The standard InChI is InChI=1S/C15H12O5/c1-8(16)13-14(18)9-4-2-3-5-10(9)20-15(13)11-6-7-12(17)19-11/h2-7,11,15,18H,1H3. The molecule has 0 amide bonds. The van der Waals surface area contributed by atoms with E-state index < -0.39 is 18.2 Å². The van der Waals surface area contributed by atoms with Crippen LogP contribution in [0.15, 0.2) is 42.0 Å². The van der Waals surface area contributed by atoms with Crippen molar-refractivity contribution in [3.8, 4) is 5.75 Å². The highest BCUT2D eigenvalue weighted by Gasteiger charge is 2.39. The molecule has 102 valence electrons. The molecular weight excluding hydrogens is 260 g/mol. The van der Waals surface area contributed by atoms with E-state index in [0.717, 1.165) is 0 Å². The van der Waals surface area contributed by atoms with Gasteiger partial charge in [0.05, 0.1) is 11.1 Å². The van der Waals surface area contributed by atoms with E-state index in [1.54, 1.807) is 24.3 Å². The second kappa shape index (κ2) is 4.52. The maximum absolute atomic E-state index is 11.8. The number of rotatable bonds is 2. The fourth-order valence-electron chi connectivity index (χ4n) is 2.39. The fraction of sp³-hybridized carbons (Fsp3) is 0.200. The van der Waals surface area contributed by atoms with Crippen molar-refractivity contribution < 1.29 is 24.2 Å². The number of fused-ring (bicyclic) bond motifs is 1. The lowest BCUT2D eigenvalue weighted by Crippen LogP contribution is -2.38. The normalized spacial score (nSPS) is 24.1. The van der Waals surface area contributed by atoms with Crippen molar-refractivity contribution >= 4 is 17.5 Å². The van der Waals surface area contributed by atoms with Gasteiger partial charge in [-0.15, -0.1) is 0 Å². The zero-order valence-corrected chi connectivity index (χ0v) is 10.7. The van der Waals surface area contributed by atoms with Crippen LogP contribution in [0.3, 0.4) is 0 Å². The van der Waals surface area contributed by atoms with Gasteiger partial charge in [0, 0.05) is 6.08 Å². The van der Waals surface area contributed by atoms with E-state index in [9.17, 15) is 14.7 Å². The Labute approximate surface area is 115 Å². The third-order valence-corrected chi connectivity index (χ3v) is 3.29. The zero-order valence-electron chi connectivity index (χ0n) is 10.7. The maximum Gasteiger partial charge on any atom is 0.331 e. The molecule has 0 fully saturated rings. The molecule has 2 atom stereocenters. The van der Waals surface area contributed by atoms with Gasteiger partial charge in [-0.1, -0.05) is 12.1 Å². The van der Waals surface area contributed by atoms with E-state index in [0.29, 0.717) is 11.3 Å². The van der Waals surface area contributed by atoms with E-state index in [2.05, 4.69) is 0 Å². The van der Waals surface area contributed by atoms with Gasteiger partial charge in [0.15, 0.2) is 18.0 Å². The monoisotopic (exact) mass is 272 g/mol. The Morgan fingerprint density at radius 3 is 2.65 bits per heavy atom. The van der Waals surface area contributed by atoms with E-state index in [4.69, 9.17) is 9.47 Å². The lowest BCUT2D eigenvalue weighted by Gasteiger charge is -2.30. The third kappa shape index (κ3) is 1.87. The molecule has 1 aromatic carbocycles. The average Bonchev–Trinajstić information content (AvgIpc) is 2.84. The molecule has 0 saturated carbocycles. The summed E-state index contributed by atoms with van der Waals surface area (Å²) in [6, 6.07) is 6.86. The number of Topliss-reactive ketones (excluding diaryl/α,β-unsaturated/α-hetero) is 1. The number of hydrogen-bond acceptors (Lipinski definition) is 5. The molecule has 5 heteroatoms. The predicted octanol–water partition coefficient (Wildman–Crippen LogP) is 1.79. The molecule has 0 spiro atoms. The lowest BCUT2D eigenvalue weighted by molar-refractivity contribution is -0.141. The molecule has 0 saturated heterocycles. The van der Waals surface area contributed by atoms with E-state index in [-0.39, 0.29) is 17.1 Å². The summed E-state index contributed by atoms with van der Waals surface area (Å²) in [6.07, 6.45) is 1.27. The summed E-state index contributed by atoms with van der Waals surface area (Å²) in [5.74, 6) is -0.477. The first-order valence-corrected chi connectivity index (χ1v) is 6.17. The maximum atomic E-state index is 11.8. The second-order valence-electron chi connectivity index (χ2n) is 4.61. The van der Waals surface area contributed by atoms with Gasteiger partial charge in [0.25, 0.3) is 0 Å². The molecular formula is C15H12O5. The van der Waals surface area contributed by atoms with Crippen LogP contribution in [0.5, 0.6) is 5.75 Å². The van der Waals surface area contributed by atoms with Gasteiger partial charge < -0.3 is 14.6 Å². The quantitative estimate of drug-likeness (QED) is 0.831. The van der Waals surface area contributed by atoms with Crippen LogP contribution in [-0.4, -0.2) is 29.1 Å². The van der Waals surface area contributed by atoms with Gasteiger partial charge in [0.2, 0.25) is 0 Å². The molecule has 1 aromatic rings. The zero-order chi connectivity index (χ0) is 14.3. The Kier molecular flexibility index (Phi) is 2.82. The summed E-state index contributed by atoms with van der Waals surface area (Å²) in [6.45, 7) is 1.34. The van der Waals surface area contributed by atoms with Crippen LogP contribution in [-0.2, 0) is 14.3 Å². The molecule has 2 heterocycles. The van der Waals surface area contributed by atoms with Gasteiger partial charge >= 0.3 is 5.97 Å². The number of ether oxygens (including phenoxy) is 2. The average molecular weight is 272 g/mol. The highest BCUT2D eigenvalue weighted by Crippen LogP contribution is 2.37. The summed E-state index contributed by atoms with van der Waals surface area (Å²) in [7, 11) is 0. The number of aliphatic hydroxyl groups is 1. The first kappa shape index (κ1) is 12.5. The van der Waals surface area contributed by atoms with Crippen LogP contribution in [0.2, 0.25) is 0 Å². The van der Waals surface area contributed by atoms with Crippen LogP contribution < -0.4 is 4.74 Å². The minimum absolute atomic E-state index is 0.119. The lowest BCUT2D eigenvalue weighted by atomic mass is 9.93. The summed E-state index contributed by atoms with van der Waals surface area (Å²) >= 11 is 0. The summed E-state index contributed by atoms with van der Waals surface area (Å²) in [4.78, 5) is 23.0. The SMILES string of the molecule is CC(=O)C1=C(O)c2ccccc2OC1C1C=CC(=O)O1. The van der Waals surface area contributed by atoms with Crippen molar-refractivity contribution in [2.24, 2.45) is 0 Å². The van der Waals surface area contributed by atoms with Crippen molar-refractivity contribution in [1.82, 2.24) is 0 Å². The largest absolute Gasteiger partial charge is 0.507 e. The molecule has 0 aliphatic carbocycles. The minimum atomic E-state index is -0.829. The molecule has 2 aliphatic rings. The fourth-order valence-corrected chi connectivity index (χ4v) is 2.39. The molecule has 2 unspecified atom stereocenters. The number of carbonyl (C=O) groups is 2. The molecule has 0 bridgehead atoms. The third-order valence-electron chi connectivity index (χ3n) is 3.29. The minimum Gasteiger partial charge on any atom is -0.507 e. The van der Waals surface area contributed by atoms with Crippen LogP contribution >= 0.6 is 0 Å². The number of ketones is 1. The number of carbonyl (C=O) groups excluding carboxylic acids is 2. The van der Waals surface area contributed by atoms with E-state index in [1.165, 1.54) is 19.1 Å². The smallest absolute Gasteiger partial charge is 0.331 e. The van der Waals surface area contributed by atoms with Crippen LogP contribution in [0.1, 0.15) is 12.5 Å². The number of aliphatic hydroxyl groups excluding tert-OH is 1. The van der Waals surface area contributed by atoms with Crippen molar-refractivity contribution in [2.75, 3.05) is 0 Å². The number of cyclic esters (lactones) is 1. The Morgan fingerprint density at radius 1 is 1.25 bits per heavy atom. The Bertz CT molecular complexity index is 656. The van der Waals surface area contributed by atoms with Crippen molar-refractivity contribution in [3.05, 3.63) is 47.6 Å². The number of esters is 1. The predicted molar refractivity (Wildman–Crippen MR) is 70.1 cm³/mol. The summed E-state index contributed by atoms with van der Waals surface area (Å²) < 4.78 is 10.8. The van der Waals surface area contributed by atoms with Gasteiger partial charge in [-0.3, -0.25) is 4.79 Å². The Balaban J connectivity index is 2.09.